The summed E-state index contributed by atoms with van der Waals surface area (Å²) in [6.45, 7) is 5.13. The molecule has 0 aliphatic heterocycles. The van der Waals surface area contributed by atoms with Gasteiger partial charge in [0.2, 0.25) is 0 Å². The van der Waals surface area contributed by atoms with E-state index in [0.717, 1.165) is 30.2 Å². The fourth-order valence-corrected chi connectivity index (χ4v) is 2.71. The number of aromatic amines is 2. The summed E-state index contributed by atoms with van der Waals surface area (Å²) in [5, 5.41) is 4.39. The second-order valence-corrected chi connectivity index (χ2v) is 5.18. The molecule has 2 aromatic heterocycles. The van der Waals surface area contributed by atoms with E-state index < -0.39 is 0 Å². The number of imidazole rings is 1. The third-order valence-electron chi connectivity index (χ3n) is 3.68. The molecule has 104 valence electrons. The summed E-state index contributed by atoms with van der Waals surface area (Å²) in [5.74, 6) is 1.04. The van der Waals surface area contributed by atoms with Crippen molar-refractivity contribution in [2.24, 2.45) is 0 Å². The van der Waals surface area contributed by atoms with Crippen LogP contribution in [0.2, 0.25) is 0 Å². The van der Waals surface area contributed by atoms with Crippen LogP contribution in [-0.4, -0.2) is 28.5 Å². The molecule has 2 heterocycles. The van der Waals surface area contributed by atoms with Crippen molar-refractivity contribution in [1.82, 2.24) is 20.3 Å². The van der Waals surface area contributed by atoms with E-state index in [1.54, 1.807) is 0 Å². The number of aromatic nitrogens is 3. The molecule has 4 heteroatoms. The Hall–Kier alpha value is -2.07. The zero-order valence-electron chi connectivity index (χ0n) is 12.2. The maximum atomic E-state index is 4.79. The Balaban J connectivity index is 2.11. The van der Waals surface area contributed by atoms with Gasteiger partial charge in [0.25, 0.3) is 0 Å². The smallest absolute Gasteiger partial charge is 0.108 e. The van der Waals surface area contributed by atoms with Crippen molar-refractivity contribution in [1.29, 1.82) is 0 Å². The molecule has 20 heavy (non-hydrogen) atoms. The lowest BCUT2D eigenvalue weighted by Crippen LogP contribution is -2.11. The molecular weight excluding hydrogens is 248 g/mol. The van der Waals surface area contributed by atoms with Gasteiger partial charge in [-0.2, -0.15) is 0 Å². The molecule has 3 rings (SSSR count). The normalized spacial score (nSPS) is 11.3. The van der Waals surface area contributed by atoms with Gasteiger partial charge in [0.05, 0.1) is 5.69 Å². The van der Waals surface area contributed by atoms with E-state index in [1.807, 2.05) is 7.05 Å². The van der Waals surface area contributed by atoms with Gasteiger partial charge >= 0.3 is 0 Å². The van der Waals surface area contributed by atoms with Crippen molar-refractivity contribution >= 4 is 10.9 Å². The Bertz CT molecular complexity index is 736. The maximum absolute atomic E-state index is 4.79. The van der Waals surface area contributed by atoms with Crippen LogP contribution >= 0.6 is 0 Å². The minimum Gasteiger partial charge on any atom is -0.358 e. The Morgan fingerprint density at radius 1 is 1.10 bits per heavy atom. The summed E-state index contributed by atoms with van der Waals surface area (Å²) in [4.78, 5) is 11.6. The average molecular weight is 268 g/mol. The van der Waals surface area contributed by atoms with Gasteiger partial charge in [0, 0.05) is 40.8 Å². The quantitative estimate of drug-likeness (QED) is 0.681. The first kappa shape index (κ1) is 12.9. The van der Waals surface area contributed by atoms with Crippen molar-refractivity contribution < 1.29 is 0 Å². The topological polar surface area (TPSA) is 56.5 Å². The van der Waals surface area contributed by atoms with E-state index in [1.165, 1.54) is 22.2 Å². The molecule has 0 aliphatic carbocycles. The first-order valence-electron chi connectivity index (χ1n) is 6.98. The van der Waals surface area contributed by atoms with E-state index in [2.05, 4.69) is 53.4 Å². The number of aryl methyl sites for hydroxylation is 2. The monoisotopic (exact) mass is 268 g/mol. The van der Waals surface area contributed by atoms with Crippen LogP contribution in [0.3, 0.4) is 0 Å². The van der Waals surface area contributed by atoms with Gasteiger partial charge in [-0.3, -0.25) is 0 Å². The molecule has 3 aromatic rings. The SMILES string of the molecule is CNCCc1nc(-c2c(C)[nH]c3ccccc23)c(C)[nH]1. The van der Waals surface area contributed by atoms with Gasteiger partial charge in [0.1, 0.15) is 5.82 Å². The van der Waals surface area contributed by atoms with Gasteiger partial charge in [-0.1, -0.05) is 18.2 Å². The van der Waals surface area contributed by atoms with Crippen LogP contribution < -0.4 is 5.32 Å². The van der Waals surface area contributed by atoms with Crippen LogP contribution in [0.25, 0.3) is 22.2 Å². The highest BCUT2D eigenvalue weighted by Crippen LogP contribution is 2.32. The van der Waals surface area contributed by atoms with Crippen LogP contribution in [0, 0.1) is 13.8 Å². The third-order valence-corrected chi connectivity index (χ3v) is 3.68. The number of nitrogens with zero attached hydrogens (tertiary/aromatic N) is 1. The van der Waals surface area contributed by atoms with Crippen LogP contribution in [0.5, 0.6) is 0 Å². The zero-order chi connectivity index (χ0) is 14.1. The number of hydrogen-bond acceptors (Lipinski definition) is 2. The predicted molar refractivity (Wildman–Crippen MR) is 83.0 cm³/mol. The largest absolute Gasteiger partial charge is 0.358 e. The predicted octanol–water partition coefficient (Wildman–Crippen LogP) is 2.94. The molecule has 1 aromatic carbocycles. The van der Waals surface area contributed by atoms with Crippen molar-refractivity contribution in [3.63, 3.8) is 0 Å². The lowest BCUT2D eigenvalue weighted by molar-refractivity contribution is 0.763. The van der Waals surface area contributed by atoms with Gasteiger partial charge in [0.15, 0.2) is 0 Å². The zero-order valence-corrected chi connectivity index (χ0v) is 12.2. The van der Waals surface area contributed by atoms with E-state index in [0.29, 0.717) is 0 Å². The van der Waals surface area contributed by atoms with E-state index in [9.17, 15) is 0 Å². The molecule has 0 aliphatic rings. The summed E-state index contributed by atoms with van der Waals surface area (Å²) in [7, 11) is 1.96. The number of hydrogen-bond donors (Lipinski definition) is 3. The molecule has 0 atom stereocenters. The highest BCUT2D eigenvalue weighted by Gasteiger charge is 2.16. The van der Waals surface area contributed by atoms with E-state index in [-0.39, 0.29) is 0 Å². The summed E-state index contributed by atoms with van der Waals surface area (Å²) in [5.41, 5.74) is 5.74. The summed E-state index contributed by atoms with van der Waals surface area (Å²) in [6, 6.07) is 8.38. The minimum absolute atomic E-state index is 0.915. The lowest BCUT2D eigenvalue weighted by Gasteiger charge is -1.98. The number of fused-ring (bicyclic) bond motifs is 1. The second-order valence-electron chi connectivity index (χ2n) is 5.18. The van der Waals surface area contributed by atoms with Gasteiger partial charge in [-0.15, -0.1) is 0 Å². The fraction of sp³-hybridized carbons (Fsp3) is 0.312. The second kappa shape index (κ2) is 5.13. The summed E-state index contributed by atoms with van der Waals surface area (Å²) < 4.78 is 0. The molecule has 3 N–H and O–H groups in total. The molecule has 4 nitrogen and oxygen atoms in total. The highest BCUT2D eigenvalue weighted by molar-refractivity contribution is 5.96. The Morgan fingerprint density at radius 3 is 2.70 bits per heavy atom. The fourth-order valence-electron chi connectivity index (χ4n) is 2.71. The molecular formula is C16H20N4. The van der Waals surface area contributed by atoms with Gasteiger partial charge in [-0.25, -0.2) is 4.98 Å². The van der Waals surface area contributed by atoms with Crippen molar-refractivity contribution in [3.8, 4) is 11.3 Å². The molecule has 0 bridgehead atoms. The number of H-pyrrole nitrogens is 2. The number of rotatable bonds is 4. The Kier molecular flexibility index (Phi) is 3.32. The third kappa shape index (κ3) is 2.12. The molecule has 0 fully saturated rings. The molecule has 0 unspecified atom stereocenters. The standard InChI is InChI=1S/C16H20N4/c1-10-15(12-6-4-5-7-13(12)18-10)16-11(2)19-14(20-16)8-9-17-3/h4-7,17-18H,8-9H2,1-3H3,(H,19,20). The Labute approximate surface area is 118 Å². The average Bonchev–Trinajstić information content (AvgIpc) is 2.95. The van der Waals surface area contributed by atoms with Crippen LogP contribution in [0.15, 0.2) is 24.3 Å². The van der Waals surface area contributed by atoms with E-state index >= 15 is 0 Å². The first-order chi connectivity index (χ1) is 9.70. The van der Waals surface area contributed by atoms with Crippen molar-refractivity contribution in [2.45, 2.75) is 20.3 Å². The summed E-state index contributed by atoms with van der Waals surface area (Å²) in [6.07, 6.45) is 0.915. The number of likely N-dealkylation sites (N-methyl/N-ethyl adjacent to an activating group) is 1. The number of benzene rings is 1. The molecule has 0 amide bonds. The van der Waals surface area contributed by atoms with Crippen LogP contribution in [0.4, 0.5) is 0 Å². The lowest BCUT2D eigenvalue weighted by atomic mass is 10.1. The van der Waals surface area contributed by atoms with Crippen molar-refractivity contribution in [3.05, 3.63) is 41.5 Å². The number of nitrogens with one attached hydrogen (secondary N) is 3. The Morgan fingerprint density at radius 2 is 1.90 bits per heavy atom. The van der Waals surface area contributed by atoms with Gasteiger partial charge < -0.3 is 15.3 Å². The first-order valence-corrected chi connectivity index (χ1v) is 6.98. The molecule has 0 radical (unpaired) electrons. The van der Waals surface area contributed by atoms with Crippen LogP contribution in [-0.2, 0) is 6.42 Å². The van der Waals surface area contributed by atoms with Gasteiger partial charge in [-0.05, 0) is 27.0 Å². The molecule has 0 saturated carbocycles. The molecule has 0 saturated heterocycles. The van der Waals surface area contributed by atoms with Crippen molar-refractivity contribution in [2.75, 3.05) is 13.6 Å². The van der Waals surface area contributed by atoms with E-state index in [4.69, 9.17) is 4.98 Å². The molecule has 0 spiro atoms. The van der Waals surface area contributed by atoms with Crippen LogP contribution in [0.1, 0.15) is 17.2 Å². The summed E-state index contributed by atoms with van der Waals surface area (Å²) >= 11 is 0. The minimum atomic E-state index is 0.915. The highest BCUT2D eigenvalue weighted by atomic mass is 14.9. The number of para-hydroxylation sites is 1. The maximum Gasteiger partial charge on any atom is 0.108 e.